The molecule has 7 heteroatoms. The first-order chi connectivity index (χ1) is 14.4. The summed E-state index contributed by atoms with van der Waals surface area (Å²) in [6.45, 7) is 2.22. The number of hydrogen-bond acceptors (Lipinski definition) is 4. The summed E-state index contributed by atoms with van der Waals surface area (Å²) in [6, 6.07) is 10.6. The minimum Gasteiger partial charge on any atom is -0.872 e. The van der Waals surface area contributed by atoms with Gasteiger partial charge in [0.05, 0.1) is 0 Å². The van der Waals surface area contributed by atoms with Gasteiger partial charge in [-0.25, -0.2) is 0 Å². The zero-order chi connectivity index (χ0) is 21.8. The Morgan fingerprint density at radius 1 is 0.839 bits per heavy atom. The third-order valence-electron chi connectivity index (χ3n) is 5.16. The van der Waals surface area contributed by atoms with Crippen LogP contribution in [-0.4, -0.2) is 13.0 Å². The summed E-state index contributed by atoms with van der Waals surface area (Å²) in [5.41, 5.74) is 0.585. The van der Waals surface area contributed by atoms with Gasteiger partial charge in [-0.3, -0.25) is 4.55 Å². The van der Waals surface area contributed by atoms with Crippen LogP contribution >= 0.6 is 0 Å². The molecule has 0 spiro atoms. The second-order valence-corrected chi connectivity index (χ2v) is 9.14. The zero-order valence-corrected chi connectivity index (χ0v) is 21.6. The summed E-state index contributed by atoms with van der Waals surface area (Å²) >= 11 is 0. The summed E-state index contributed by atoms with van der Waals surface area (Å²) < 4.78 is 38.9. The molecule has 2 aromatic rings. The fourth-order valence-corrected chi connectivity index (χ4v) is 4.29. The number of hydrogen-bond donors (Lipinski definition) is 1. The molecule has 0 fully saturated rings. The van der Waals surface area contributed by atoms with Crippen molar-refractivity contribution in [3.63, 3.8) is 0 Å². The molecule has 0 atom stereocenters. The molecule has 0 radical (unpaired) electrons. The summed E-state index contributed by atoms with van der Waals surface area (Å²) in [5.74, 6) is 0.395. The first-order valence-corrected chi connectivity index (χ1v) is 12.4. The summed E-state index contributed by atoms with van der Waals surface area (Å²) in [5, 5.41) is 11.4. The molecule has 0 amide bonds. The van der Waals surface area contributed by atoms with Crippen molar-refractivity contribution in [1.82, 2.24) is 0 Å². The van der Waals surface area contributed by atoms with Crippen LogP contribution in [0.4, 0.5) is 0 Å². The topological polar surface area (TPSA) is 86.7 Å². The van der Waals surface area contributed by atoms with Crippen LogP contribution in [0.15, 0.2) is 47.4 Å². The monoisotopic (exact) mass is 456 g/mol. The normalized spacial score (nSPS) is 11.2. The van der Waals surface area contributed by atoms with Crippen molar-refractivity contribution in [1.29, 1.82) is 0 Å². The van der Waals surface area contributed by atoms with Crippen LogP contribution in [0.1, 0.15) is 76.7 Å². The second kappa shape index (κ2) is 14.9. The molecule has 31 heavy (non-hydrogen) atoms. The minimum absolute atomic E-state index is 0. The molecule has 2 rings (SSSR count). The van der Waals surface area contributed by atoms with E-state index in [9.17, 15) is 18.1 Å². The molecule has 0 aliphatic rings. The molecule has 166 valence electrons. The fourth-order valence-electron chi connectivity index (χ4n) is 3.52. The first kappa shape index (κ1) is 28.0. The predicted octanol–water partition coefficient (Wildman–Crippen LogP) is 3.27. The van der Waals surface area contributed by atoms with Gasteiger partial charge in [-0.1, -0.05) is 82.9 Å². The Balaban J connectivity index is 0.00000480. The maximum atomic E-state index is 11.8. The van der Waals surface area contributed by atoms with Crippen molar-refractivity contribution >= 4 is 10.1 Å². The van der Waals surface area contributed by atoms with Crippen molar-refractivity contribution in [2.24, 2.45) is 0 Å². The van der Waals surface area contributed by atoms with E-state index in [4.69, 9.17) is 4.74 Å². The quantitative estimate of drug-likeness (QED) is 0.268. The van der Waals surface area contributed by atoms with E-state index in [0.717, 1.165) is 19.3 Å². The molecular formula is C24H33NaO5S. The van der Waals surface area contributed by atoms with Crippen molar-refractivity contribution in [3.8, 4) is 17.2 Å². The van der Waals surface area contributed by atoms with Gasteiger partial charge < -0.3 is 9.84 Å². The average Bonchev–Trinajstić information content (AvgIpc) is 2.69. The summed E-state index contributed by atoms with van der Waals surface area (Å²) in [6.07, 6.45) is 12.6. The van der Waals surface area contributed by atoms with Gasteiger partial charge in [0.2, 0.25) is 0 Å². The molecule has 5 nitrogen and oxygen atoms in total. The smallest absolute Gasteiger partial charge is 0.872 e. The number of unbranched alkanes of at least 4 members (excludes halogenated alkanes) is 9. The molecule has 0 unspecified atom stereocenters. The van der Waals surface area contributed by atoms with Crippen molar-refractivity contribution in [2.45, 2.75) is 82.4 Å². The number of ether oxygens (including phenoxy) is 1. The van der Waals surface area contributed by atoms with Gasteiger partial charge in [-0.15, -0.1) is 5.75 Å². The standard InChI is InChI=1S/C24H34O5S.Na/c1-2-3-4-5-6-7-8-9-10-11-13-20-16-17-23(19-24(20)30(26,27)28)29-22-15-12-14-21(25)18-22;/h12,14-19,25H,2-11,13H2,1H3,(H,26,27,28);/q;+1/p-1. The third kappa shape index (κ3) is 10.9. The Kier molecular flexibility index (Phi) is 13.5. The Morgan fingerprint density at radius 2 is 1.42 bits per heavy atom. The van der Waals surface area contributed by atoms with E-state index in [1.165, 1.54) is 63.1 Å². The van der Waals surface area contributed by atoms with Crippen molar-refractivity contribution < 1.29 is 52.4 Å². The first-order valence-electron chi connectivity index (χ1n) is 11.0. The van der Waals surface area contributed by atoms with Crippen LogP contribution in [0.3, 0.4) is 0 Å². The van der Waals surface area contributed by atoms with Gasteiger partial charge in [0.15, 0.2) is 0 Å². The molecule has 0 saturated heterocycles. The second-order valence-electron chi connectivity index (χ2n) is 7.75. The molecule has 0 saturated carbocycles. The SMILES string of the molecule is CCCCCCCCCCCCc1ccc(Oc2cccc([O-])c2)cc1S(=O)(=O)O.[Na+]. The molecule has 1 N–H and O–H groups in total. The van der Waals surface area contributed by atoms with Gasteiger partial charge in [-0.05, 0) is 36.6 Å². The average molecular weight is 457 g/mol. The van der Waals surface area contributed by atoms with Crippen LogP contribution in [0.2, 0.25) is 0 Å². The fraction of sp³-hybridized carbons (Fsp3) is 0.500. The van der Waals surface area contributed by atoms with Gasteiger partial charge in [0, 0.05) is 6.07 Å². The van der Waals surface area contributed by atoms with Gasteiger partial charge in [0.1, 0.15) is 16.4 Å². The van der Waals surface area contributed by atoms with Crippen LogP contribution in [0, 0.1) is 0 Å². The molecule has 0 aliphatic heterocycles. The number of benzene rings is 2. The van der Waals surface area contributed by atoms with Crippen molar-refractivity contribution in [3.05, 3.63) is 48.0 Å². The molecule has 0 aliphatic carbocycles. The Labute approximate surface area is 209 Å². The largest absolute Gasteiger partial charge is 1.00 e. The van der Waals surface area contributed by atoms with Crippen LogP contribution < -0.4 is 39.4 Å². The third-order valence-corrected chi connectivity index (χ3v) is 6.09. The van der Waals surface area contributed by atoms with Crippen LogP contribution in [0.5, 0.6) is 17.2 Å². The predicted molar refractivity (Wildman–Crippen MR) is 118 cm³/mol. The Morgan fingerprint density at radius 3 is 2.00 bits per heavy atom. The minimum atomic E-state index is -4.36. The molecule has 0 aromatic heterocycles. The number of aryl methyl sites for hydroxylation is 1. The summed E-state index contributed by atoms with van der Waals surface area (Å²) in [4.78, 5) is -0.130. The molecule has 0 bridgehead atoms. The van der Waals surface area contributed by atoms with E-state index in [-0.39, 0.29) is 46.0 Å². The molecular weight excluding hydrogens is 423 g/mol. The Bertz CT molecular complexity index is 883. The van der Waals surface area contributed by atoms with E-state index in [0.29, 0.717) is 17.7 Å². The maximum absolute atomic E-state index is 11.8. The molecule has 0 heterocycles. The molecule has 2 aromatic carbocycles. The van der Waals surface area contributed by atoms with Crippen molar-refractivity contribution in [2.75, 3.05) is 0 Å². The van der Waals surface area contributed by atoms with Crippen LogP contribution in [0.25, 0.3) is 0 Å². The maximum Gasteiger partial charge on any atom is 1.00 e. The van der Waals surface area contributed by atoms with E-state index in [1.807, 2.05) is 0 Å². The van der Waals surface area contributed by atoms with E-state index >= 15 is 0 Å². The van der Waals surface area contributed by atoms with Gasteiger partial charge in [0.25, 0.3) is 10.1 Å². The van der Waals surface area contributed by atoms with Crippen LogP contribution in [-0.2, 0) is 16.5 Å². The number of rotatable bonds is 14. The van der Waals surface area contributed by atoms with Gasteiger partial charge in [-0.2, -0.15) is 8.42 Å². The van der Waals surface area contributed by atoms with E-state index < -0.39 is 10.1 Å². The summed E-state index contributed by atoms with van der Waals surface area (Å²) in [7, 11) is -4.36. The van der Waals surface area contributed by atoms with E-state index in [2.05, 4.69) is 6.92 Å². The van der Waals surface area contributed by atoms with Gasteiger partial charge >= 0.3 is 29.6 Å². The zero-order valence-electron chi connectivity index (χ0n) is 18.8. The Hall–Kier alpha value is -1.05. The van der Waals surface area contributed by atoms with E-state index in [1.54, 1.807) is 24.3 Å².